The number of nitrogens with two attached hydrogens (primary N) is 1. The number of imidazole rings is 1. The minimum atomic E-state index is 0.126. The van der Waals surface area contributed by atoms with Gasteiger partial charge in [0.05, 0.1) is 0 Å². The first-order valence-corrected chi connectivity index (χ1v) is 7.00. The summed E-state index contributed by atoms with van der Waals surface area (Å²) in [5, 5.41) is 0. The zero-order chi connectivity index (χ0) is 13.7. The Morgan fingerprint density at radius 2 is 1.95 bits per heavy atom. The van der Waals surface area contributed by atoms with Gasteiger partial charge in [-0.25, -0.2) is 4.98 Å². The van der Waals surface area contributed by atoms with Crippen molar-refractivity contribution in [2.45, 2.75) is 45.7 Å². The van der Waals surface area contributed by atoms with Gasteiger partial charge in [-0.1, -0.05) is 36.8 Å². The van der Waals surface area contributed by atoms with Crippen molar-refractivity contribution >= 4 is 0 Å². The van der Waals surface area contributed by atoms with Crippen LogP contribution in [0, 0.1) is 6.92 Å². The first-order chi connectivity index (χ1) is 9.19. The zero-order valence-electron chi connectivity index (χ0n) is 11.8. The van der Waals surface area contributed by atoms with E-state index in [9.17, 15) is 0 Å². The second kappa shape index (κ2) is 6.53. The van der Waals surface area contributed by atoms with E-state index in [1.54, 1.807) is 0 Å². The van der Waals surface area contributed by atoms with E-state index < -0.39 is 0 Å². The van der Waals surface area contributed by atoms with Crippen LogP contribution in [-0.4, -0.2) is 15.6 Å². The number of rotatable bonds is 6. The van der Waals surface area contributed by atoms with Crippen molar-refractivity contribution in [1.29, 1.82) is 0 Å². The standard InChI is InChI=1S/C16H23N3/c1-3-9-19-10-8-18-16(19)12-15(17)11-14-6-4-13(2)5-7-14/h4-8,10,15H,3,9,11-12,17H2,1-2H3. The molecule has 0 saturated heterocycles. The third-order valence-electron chi connectivity index (χ3n) is 3.33. The Morgan fingerprint density at radius 1 is 1.21 bits per heavy atom. The predicted octanol–water partition coefficient (Wildman–Crippen LogP) is 2.71. The molecule has 0 aliphatic heterocycles. The van der Waals surface area contributed by atoms with Crippen LogP contribution in [0.3, 0.4) is 0 Å². The minimum absolute atomic E-state index is 0.126. The van der Waals surface area contributed by atoms with Crippen molar-refractivity contribution in [3.8, 4) is 0 Å². The van der Waals surface area contributed by atoms with Crippen LogP contribution in [0.25, 0.3) is 0 Å². The molecule has 0 radical (unpaired) electrons. The molecule has 19 heavy (non-hydrogen) atoms. The van der Waals surface area contributed by atoms with Crippen LogP contribution in [0.4, 0.5) is 0 Å². The normalized spacial score (nSPS) is 12.6. The molecule has 0 amide bonds. The van der Waals surface area contributed by atoms with Gasteiger partial charge in [-0.15, -0.1) is 0 Å². The average molecular weight is 257 g/mol. The van der Waals surface area contributed by atoms with E-state index in [0.717, 1.165) is 31.6 Å². The van der Waals surface area contributed by atoms with Gasteiger partial charge in [0, 0.05) is 31.4 Å². The molecule has 0 saturated carbocycles. The first-order valence-electron chi connectivity index (χ1n) is 7.00. The summed E-state index contributed by atoms with van der Waals surface area (Å²) in [5.41, 5.74) is 8.83. The molecule has 0 aliphatic carbocycles. The molecule has 2 aromatic rings. The molecule has 1 atom stereocenters. The Hall–Kier alpha value is -1.61. The van der Waals surface area contributed by atoms with Gasteiger partial charge in [-0.05, 0) is 25.3 Å². The van der Waals surface area contributed by atoms with Gasteiger partial charge < -0.3 is 10.3 Å². The van der Waals surface area contributed by atoms with Crippen LogP contribution < -0.4 is 5.73 Å². The molecular formula is C16H23N3. The average Bonchev–Trinajstić information content (AvgIpc) is 2.80. The third-order valence-corrected chi connectivity index (χ3v) is 3.33. The first kappa shape index (κ1) is 13.8. The molecule has 3 heteroatoms. The molecule has 0 bridgehead atoms. The summed E-state index contributed by atoms with van der Waals surface area (Å²) < 4.78 is 2.20. The SMILES string of the molecule is CCCn1ccnc1CC(N)Cc1ccc(C)cc1. The lowest BCUT2D eigenvalue weighted by Gasteiger charge is -2.13. The van der Waals surface area contributed by atoms with E-state index in [1.165, 1.54) is 11.1 Å². The zero-order valence-corrected chi connectivity index (χ0v) is 11.8. The quantitative estimate of drug-likeness (QED) is 0.864. The fourth-order valence-corrected chi connectivity index (χ4v) is 2.31. The molecule has 1 aromatic heterocycles. The van der Waals surface area contributed by atoms with E-state index >= 15 is 0 Å². The van der Waals surface area contributed by atoms with Gasteiger partial charge in [0.25, 0.3) is 0 Å². The lowest BCUT2D eigenvalue weighted by Crippen LogP contribution is -2.27. The van der Waals surface area contributed by atoms with Gasteiger partial charge >= 0.3 is 0 Å². The summed E-state index contributed by atoms with van der Waals surface area (Å²) in [4.78, 5) is 4.41. The molecule has 0 fully saturated rings. The maximum absolute atomic E-state index is 6.25. The van der Waals surface area contributed by atoms with E-state index in [2.05, 4.69) is 47.7 Å². The number of hydrogen-bond donors (Lipinski definition) is 1. The highest BCUT2D eigenvalue weighted by Gasteiger charge is 2.09. The Morgan fingerprint density at radius 3 is 2.63 bits per heavy atom. The monoisotopic (exact) mass is 257 g/mol. The highest BCUT2D eigenvalue weighted by molar-refractivity contribution is 5.22. The number of aromatic nitrogens is 2. The minimum Gasteiger partial charge on any atom is -0.335 e. The Balaban J connectivity index is 1.95. The lowest BCUT2D eigenvalue weighted by molar-refractivity contribution is 0.582. The summed E-state index contributed by atoms with van der Waals surface area (Å²) in [6.45, 7) is 5.30. The van der Waals surface area contributed by atoms with Gasteiger partial charge in [0.15, 0.2) is 0 Å². The number of benzene rings is 1. The maximum atomic E-state index is 6.25. The highest BCUT2D eigenvalue weighted by Crippen LogP contribution is 2.09. The smallest absolute Gasteiger partial charge is 0.110 e. The van der Waals surface area contributed by atoms with Crippen molar-refractivity contribution in [2.75, 3.05) is 0 Å². The van der Waals surface area contributed by atoms with E-state index in [1.807, 2.05) is 12.4 Å². The summed E-state index contributed by atoms with van der Waals surface area (Å²) in [6, 6.07) is 8.72. The van der Waals surface area contributed by atoms with Crippen LogP contribution in [0.1, 0.15) is 30.3 Å². The number of aryl methyl sites for hydroxylation is 2. The molecule has 1 unspecified atom stereocenters. The summed E-state index contributed by atoms with van der Waals surface area (Å²) in [6.07, 6.45) is 6.76. The summed E-state index contributed by atoms with van der Waals surface area (Å²) in [5.74, 6) is 1.10. The van der Waals surface area contributed by atoms with E-state index in [4.69, 9.17) is 5.73 Å². The summed E-state index contributed by atoms with van der Waals surface area (Å²) >= 11 is 0. The van der Waals surface area contributed by atoms with Crippen molar-refractivity contribution in [2.24, 2.45) is 5.73 Å². The van der Waals surface area contributed by atoms with Crippen molar-refractivity contribution in [3.05, 3.63) is 53.6 Å². The molecule has 0 aliphatic rings. The van der Waals surface area contributed by atoms with Crippen LogP contribution >= 0.6 is 0 Å². The maximum Gasteiger partial charge on any atom is 0.110 e. The molecule has 2 N–H and O–H groups in total. The molecule has 2 rings (SSSR count). The van der Waals surface area contributed by atoms with Crippen LogP contribution in [0.2, 0.25) is 0 Å². The van der Waals surface area contributed by atoms with Gasteiger partial charge in [0.2, 0.25) is 0 Å². The van der Waals surface area contributed by atoms with Crippen LogP contribution in [-0.2, 0) is 19.4 Å². The molecule has 3 nitrogen and oxygen atoms in total. The molecule has 0 spiro atoms. The largest absolute Gasteiger partial charge is 0.335 e. The topological polar surface area (TPSA) is 43.8 Å². The van der Waals surface area contributed by atoms with Crippen LogP contribution in [0.5, 0.6) is 0 Å². The lowest BCUT2D eigenvalue weighted by atomic mass is 10.0. The van der Waals surface area contributed by atoms with Crippen molar-refractivity contribution in [3.63, 3.8) is 0 Å². The van der Waals surface area contributed by atoms with E-state index in [-0.39, 0.29) is 6.04 Å². The molecule has 102 valence electrons. The molecular weight excluding hydrogens is 234 g/mol. The molecule has 1 aromatic carbocycles. The van der Waals surface area contributed by atoms with Crippen LogP contribution in [0.15, 0.2) is 36.7 Å². The second-order valence-electron chi connectivity index (χ2n) is 5.19. The van der Waals surface area contributed by atoms with Gasteiger partial charge in [-0.2, -0.15) is 0 Å². The fraction of sp³-hybridized carbons (Fsp3) is 0.438. The van der Waals surface area contributed by atoms with Gasteiger partial charge in [0.1, 0.15) is 5.82 Å². The summed E-state index contributed by atoms with van der Waals surface area (Å²) in [7, 11) is 0. The van der Waals surface area contributed by atoms with Gasteiger partial charge in [-0.3, -0.25) is 0 Å². The van der Waals surface area contributed by atoms with Crippen molar-refractivity contribution in [1.82, 2.24) is 9.55 Å². The number of hydrogen-bond acceptors (Lipinski definition) is 2. The Labute approximate surface area is 115 Å². The molecule has 1 heterocycles. The second-order valence-corrected chi connectivity index (χ2v) is 5.19. The van der Waals surface area contributed by atoms with E-state index in [0.29, 0.717) is 0 Å². The Kier molecular flexibility index (Phi) is 4.74. The number of nitrogens with zero attached hydrogens (tertiary/aromatic N) is 2. The fourth-order valence-electron chi connectivity index (χ4n) is 2.31. The Bertz CT molecular complexity index is 499. The third kappa shape index (κ3) is 3.93. The predicted molar refractivity (Wildman–Crippen MR) is 79.1 cm³/mol. The highest BCUT2D eigenvalue weighted by atomic mass is 15.1. The van der Waals surface area contributed by atoms with Crippen molar-refractivity contribution < 1.29 is 0 Å².